The van der Waals surface area contributed by atoms with Gasteiger partial charge in [0.05, 0.1) is 11.6 Å². The van der Waals surface area contributed by atoms with Gasteiger partial charge in [0.15, 0.2) is 0 Å². The third-order valence-electron chi connectivity index (χ3n) is 4.38. The van der Waals surface area contributed by atoms with Crippen LogP contribution in [0.4, 0.5) is 0 Å². The normalized spacial score (nSPS) is 18.6. The molecular weight excluding hydrogens is 332 g/mol. The van der Waals surface area contributed by atoms with E-state index < -0.39 is 0 Å². The van der Waals surface area contributed by atoms with E-state index in [-0.39, 0.29) is 30.6 Å². The number of aromatic nitrogens is 2. The summed E-state index contributed by atoms with van der Waals surface area (Å²) in [5.74, 6) is -0.616. The highest BCUT2D eigenvalue weighted by Crippen LogP contribution is 2.31. The number of carbonyl (C=O) groups is 2. The molecule has 0 saturated heterocycles. The SMILES string of the molecule is O=C(CCCc1cnccn1)OC1CC(C(=O)OCc2ccccc2)C1. The molecule has 136 valence electrons. The van der Waals surface area contributed by atoms with E-state index in [2.05, 4.69) is 9.97 Å². The van der Waals surface area contributed by atoms with Gasteiger partial charge < -0.3 is 9.47 Å². The highest BCUT2D eigenvalue weighted by molar-refractivity contribution is 5.74. The van der Waals surface area contributed by atoms with Crippen molar-refractivity contribution in [1.29, 1.82) is 0 Å². The predicted molar refractivity (Wildman–Crippen MR) is 93.8 cm³/mol. The van der Waals surface area contributed by atoms with Gasteiger partial charge in [0.2, 0.25) is 0 Å². The van der Waals surface area contributed by atoms with Gasteiger partial charge in [0.1, 0.15) is 12.7 Å². The van der Waals surface area contributed by atoms with Crippen molar-refractivity contribution in [2.75, 3.05) is 0 Å². The van der Waals surface area contributed by atoms with Crippen molar-refractivity contribution >= 4 is 11.9 Å². The van der Waals surface area contributed by atoms with Crippen molar-refractivity contribution in [2.45, 2.75) is 44.8 Å². The van der Waals surface area contributed by atoms with Crippen molar-refractivity contribution in [3.63, 3.8) is 0 Å². The molecule has 1 aliphatic carbocycles. The number of ether oxygens (including phenoxy) is 2. The number of aryl methyl sites for hydroxylation is 1. The number of carbonyl (C=O) groups excluding carboxylic acids is 2. The van der Waals surface area contributed by atoms with Crippen molar-refractivity contribution in [1.82, 2.24) is 9.97 Å². The van der Waals surface area contributed by atoms with Crippen LogP contribution in [0.15, 0.2) is 48.9 Å². The zero-order valence-electron chi connectivity index (χ0n) is 14.5. The minimum Gasteiger partial charge on any atom is -0.462 e. The number of hydrogen-bond acceptors (Lipinski definition) is 6. The number of benzene rings is 1. The first-order chi connectivity index (χ1) is 12.7. The van der Waals surface area contributed by atoms with Crippen LogP contribution in [0, 0.1) is 5.92 Å². The average Bonchev–Trinajstić information content (AvgIpc) is 2.64. The molecule has 0 radical (unpaired) electrons. The molecule has 0 aliphatic heterocycles. The molecule has 1 aromatic heterocycles. The van der Waals surface area contributed by atoms with Gasteiger partial charge >= 0.3 is 11.9 Å². The zero-order chi connectivity index (χ0) is 18.2. The van der Waals surface area contributed by atoms with Crippen LogP contribution >= 0.6 is 0 Å². The van der Waals surface area contributed by atoms with Crippen LogP contribution in [0.5, 0.6) is 0 Å². The Morgan fingerprint density at radius 3 is 2.65 bits per heavy atom. The molecule has 0 spiro atoms. The van der Waals surface area contributed by atoms with Gasteiger partial charge in [0, 0.05) is 25.0 Å². The Balaban J connectivity index is 1.28. The summed E-state index contributed by atoms with van der Waals surface area (Å²) < 4.78 is 10.7. The summed E-state index contributed by atoms with van der Waals surface area (Å²) in [6.45, 7) is 0.281. The number of nitrogens with zero attached hydrogens (tertiary/aromatic N) is 2. The Bertz CT molecular complexity index is 715. The molecule has 0 unspecified atom stereocenters. The highest BCUT2D eigenvalue weighted by Gasteiger charge is 2.38. The molecule has 0 atom stereocenters. The summed E-state index contributed by atoms with van der Waals surface area (Å²) >= 11 is 0. The maximum absolute atomic E-state index is 12.0. The second-order valence-electron chi connectivity index (χ2n) is 6.42. The fourth-order valence-electron chi connectivity index (χ4n) is 2.82. The van der Waals surface area contributed by atoms with E-state index in [0.29, 0.717) is 32.1 Å². The van der Waals surface area contributed by atoms with E-state index in [4.69, 9.17) is 9.47 Å². The minimum atomic E-state index is -0.227. The van der Waals surface area contributed by atoms with E-state index in [1.807, 2.05) is 30.3 Å². The Morgan fingerprint density at radius 1 is 1.12 bits per heavy atom. The third-order valence-corrected chi connectivity index (χ3v) is 4.38. The van der Waals surface area contributed by atoms with Crippen molar-refractivity contribution in [2.24, 2.45) is 5.92 Å². The third kappa shape index (κ3) is 5.37. The fourth-order valence-corrected chi connectivity index (χ4v) is 2.82. The zero-order valence-corrected chi connectivity index (χ0v) is 14.5. The predicted octanol–water partition coefficient (Wildman–Crippen LogP) is 2.86. The summed E-state index contributed by atoms with van der Waals surface area (Å²) in [5, 5.41) is 0. The monoisotopic (exact) mass is 354 g/mol. The Kier molecular flexibility index (Phi) is 6.30. The van der Waals surface area contributed by atoms with Crippen molar-refractivity contribution < 1.29 is 19.1 Å². The van der Waals surface area contributed by atoms with Crippen LogP contribution in [-0.2, 0) is 32.1 Å². The van der Waals surface area contributed by atoms with Gasteiger partial charge in [-0.1, -0.05) is 30.3 Å². The molecule has 0 bridgehead atoms. The largest absolute Gasteiger partial charge is 0.462 e. The molecule has 6 heteroatoms. The standard InChI is InChI=1S/C20H22N2O4/c23-19(8-4-7-17-13-21-9-10-22-17)26-18-11-16(12-18)20(24)25-14-15-5-2-1-3-6-15/h1-3,5-6,9-10,13,16,18H,4,7-8,11-12,14H2. The van der Waals surface area contributed by atoms with Gasteiger partial charge in [0.25, 0.3) is 0 Å². The smallest absolute Gasteiger partial charge is 0.309 e. The lowest BCUT2D eigenvalue weighted by molar-refractivity contribution is -0.168. The summed E-state index contributed by atoms with van der Waals surface area (Å²) in [5.41, 5.74) is 1.83. The van der Waals surface area contributed by atoms with Gasteiger partial charge in [-0.2, -0.15) is 0 Å². The molecule has 1 saturated carbocycles. The summed E-state index contributed by atoms with van der Waals surface area (Å²) in [6, 6.07) is 9.57. The lowest BCUT2D eigenvalue weighted by Gasteiger charge is -2.32. The maximum Gasteiger partial charge on any atom is 0.309 e. The van der Waals surface area contributed by atoms with Crippen molar-refractivity contribution in [3.05, 3.63) is 60.2 Å². The van der Waals surface area contributed by atoms with Gasteiger partial charge in [-0.05, 0) is 31.2 Å². The van der Waals surface area contributed by atoms with Crippen LogP contribution in [0.3, 0.4) is 0 Å². The first-order valence-electron chi connectivity index (χ1n) is 8.85. The van der Waals surface area contributed by atoms with Crippen LogP contribution in [0.2, 0.25) is 0 Å². The first kappa shape index (κ1) is 18.0. The van der Waals surface area contributed by atoms with Gasteiger partial charge in [-0.15, -0.1) is 0 Å². The minimum absolute atomic E-state index is 0.170. The molecule has 1 aromatic carbocycles. The maximum atomic E-state index is 12.0. The molecule has 1 heterocycles. The quantitative estimate of drug-likeness (QED) is 0.678. The lowest BCUT2D eigenvalue weighted by atomic mass is 9.82. The molecule has 2 aromatic rings. The molecule has 0 amide bonds. The van der Waals surface area contributed by atoms with E-state index in [0.717, 1.165) is 11.3 Å². The molecule has 26 heavy (non-hydrogen) atoms. The van der Waals surface area contributed by atoms with Crippen LogP contribution < -0.4 is 0 Å². The van der Waals surface area contributed by atoms with Gasteiger partial charge in [-0.3, -0.25) is 19.6 Å². The van der Waals surface area contributed by atoms with E-state index >= 15 is 0 Å². The first-order valence-corrected chi connectivity index (χ1v) is 8.85. The lowest BCUT2D eigenvalue weighted by Crippen LogP contribution is -2.38. The second-order valence-corrected chi connectivity index (χ2v) is 6.42. The summed E-state index contributed by atoms with van der Waals surface area (Å²) in [7, 11) is 0. The second kappa shape index (κ2) is 9.08. The van der Waals surface area contributed by atoms with E-state index in [9.17, 15) is 9.59 Å². The number of rotatable bonds is 8. The van der Waals surface area contributed by atoms with Crippen molar-refractivity contribution in [3.8, 4) is 0 Å². The molecule has 0 N–H and O–H groups in total. The topological polar surface area (TPSA) is 78.4 Å². The molecular formula is C20H22N2O4. The molecule has 1 fully saturated rings. The van der Waals surface area contributed by atoms with Gasteiger partial charge in [-0.25, -0.2) is 0 Å². The van der Waals surface area contributed by atoms with Crippen LogP contribution in [-0.4, -0.2) is 28.0 Å². The Hall–Kier alpha value is -2.76. The Labute approximate surface area is 152 Å². The number of esters is 2. The van der Waals surface area contributed by atoms with E-state index in [1.54, 1.807) is 18.6 Å². The fraction of sp³-hybridized carbons (Fsp3) is 0.400. The number of hydrogen-bond donors (Lipinski definition) is 0. The molecule has 3 rings (SSSR count). The highest BCUT2D eigenvalue weighted by atomic mass is 16.5. The summed E-state index contributed by atoms with van der Waals surface area (Å²) in [4.78, 5) is 32.0. The molecule has 1 aliphatic rings. The average molecular weight is 354 g/mol. The van der Waals surface area contributed by atoms with Crippen LogP contribution in [0.25, 0.3) is 0 Å². The van der Waals surface area contributed by atoms with Crippen LogP contribution in [0.1, 0.15) is 36.9 Å². The Morgan fingerprint density at radius 2 is 1.92 bits per heavy atom. The molecule has 6 nitrogen and oxygen atoms in total. The van der Waals surface area contributed by atoms with E-state index in [1.165, 1.54) is 0 Å². The summed E-state index contributed by atoms with van der Waals surface area (Å²) in [6.07, 6.45) is 7.59.